The monoisotopic (exact) mass is 141 g/mol. The molecule has 0 aliphatic heterocycles. The molecule has 1 aromatic heterocycles. The Bertz CT molecular complexity index is 228. The van der Waals surface area contributed by atoms with Gasteiger partial charge in [-0.3, -0.25) is 5.41 Å². The summed E-state index contributed by atoms with van der Waals surface area (Å²) in [7, 11) is 0. The Hall–Kier alpha value is -0.900. The zero-order valence-electron chi connectivity index (χ0n) is 5.01. The van der Waals surface area contributed by atoms with Crippen molar-refractivity contribution >= 4 is 17.2 Å². The molecule has 0 amide bonds. The van der Waals surface area contributed by atoms with Gasteiger partial charge >= 0.3 is 0 Å². The molecule has 0 spiro atoms. The molecule has 0 bridgehead atoms. The zero-order chi connectivity index (χ0) is 6.85. The average Bonchev–Trinajstić information content (AvgIpc) is 2.14. The minimum absolute atomic E-state index is 0.0978. The number of aryl methyl sites for hydroxylation is 1. The summed E-state index contributed by atoms with van der Waals surface area (Å²) in [5.41, 5.74) is 5.18. The van der Waals surface area contributed by atoms with E-state index in [1.807, 2.05) is 6.92 Å². The Morgan fingerprint density at radius 3 is 2.78 bits per heavy atom. The standard InChI is InChI=1S/C5H7N3S/c1-3-8-2-4(9-3)5(6)7/h2H,1H3,(H3,6,7). The van der Waals surface area contributed by atoms with E-state index in [1.54, 1.807) is 6.20 Å². The van der Waals surface area contributed by atoms with Crippen molar-refractivity contribution in [1.29, 1.82) is 5.41 Å². The van der Waals surface area contributed by atoms with Crippen molar-refractivity contribution in [3.05, 3.63) is 16.1 Å². The molecule has 1 rings (SSSR count). The molecule has 0 unspecified atom stereocenters. The van der Waals surface area contributed by atoms with E-state index in [2.05, 4.69) is 4.98 Å². The maximum atomic E-state index is 7.00. The fourth-order valence-electron chi connectivity index (χ4n) is 0.486. The number of rotatable bonds is 1. The SMILES string of the molecule is Cc1ncc(C(=N)N)s1. The molecule has 0 aliphatic rings. The number of nitrogens with zero attached hydrogens (tertiary/aromatic N) is 1. The summed E-state index contributed by atoms with van der Waals surface area (Å²) in [6, 6.07) is 0. The van der Waals surface area contributed by atoms with Gasteiger partial charge in [0.15, 0.2) is 0 Å². The van der Waals surface area contributed by atoms with Crippen LogP contribution in [-0.2, 0) is 0 Å². The summed E-state index contributed by atoms with van der Waals surface area (Å²) in [5.74, 6) is 0.0978. The molecule has 0 aliphatic carbocycles. The number of nitrogens with two attached hydrogens (primary N) is 1. The van der Waals surface area contributed by atoms with Gasteiger partial charge in [0.2, 0.25) is 0 Å². The van der Waals surface area contributed by atoms with Crippen molar-refractivity contribution in [3.8, 4) is 0 Å². The van der Waals surface area contributed by atoms with Crippen LogP contribution in [0.15, 0.2) is 6.20 Å². The molecule has 3 nitrogen and oxygen atoms in total. The van der Waals surface area contributed by atoms with Crippen LogP contribution < -0.4 is 5.73 Å². The zero-order valence-corrected chi connectivity index (χ0v) is 5.83. The molecule has 4 heteroatoms. The second-order valence-corrected chi connectivity index (χ2v) is 2.89. The summed E-state index contributed by atoms with van der Waals surface area (Å²) in [6.07, 6.45) is 1.61. The fourth-order valence-corrected chi connectivity index (χ4v) is 1.12. The number of thiazole rings is 1. The highest BCUT2D eigenvalue weighted by Crippen LogP contribution is 2.09. The van der Waals surface area contributed by atoms with E-state index in [4.69, 9.17) is 11.1 Å². The van der Waals surface area contributed by atoms with Gasteiger partial charge in [-0.25, -0.2) is 4.98 Å². The minimum atomic E-state index is 0.0978. The van der Waals surface area contributed by atoms with E-state index in [-0.39, 0.29) is 5.84 Å². The van der Waals surface area contributed by atoms with E-state index >= 15 is 0 Å². The first kappa shape index (κ1) is 6.22. The molecular formula is C5H7N3S. The van der Waals surface area contributed by atoms with Crippen LogP contribution in [0.1, 0.15) is 9.88 Å². The quantitative estimate of drug-likeness (QED) is 0.447. The van der Waals surface area contributed by atoms with Crippen LogP contribution in [0.2, 0.25) is 0 Å². The molecule has 0 radical (unpaired) electrons. The van der Waals surface area contributed by atoms with Crippen molar-refractivity contribution in [2.45, 2.75) is 6.92 Å². The van der Waals surface area contributed by atoms with Crippen LogP contribution in [0.25, 0.3) is 0 Å². The predicted molar refractivity (Wildman–Crippen MR) is 37.9 cm³/mol. The van der Waals surface area contributed by atoms with Crippen LogP contribution in [0.5, 0.6) is 0 Å². The largest absolute Gasteiger partial charge is 0.383 e. The van der Waals surface area contributed by atoms with E-state index < -0.39 is 0 Å². The van der Waals surface area contributed by atoms with E-state index in [1.165, 1.54) is 11.3 Å². The van der Waals surface area contributed by atoms with Crippen molar-refractivity contribution in [3.63, 3.8) is 0 Å². The maximum absolute atomic E-state index is 7.00. The van der Waals surface area contributed by atoms with Gasteiger partial charge in [0.25, 0.3) is 0 Å². The summed E-state index contributed by atoms with van der Waals surface area (Å²) in [5, 5.41) is 7.94. The third-order valence-electron chi connectivity index (χ3n) is 0.887. The average molecular weight is 141 g/mol. The van der Waals surface area contributed by atoms with E-state index in [0.29, 0.717) is 0 Å². The van der Waals surface area contributed by atoms with Gasteiger partial charge in [0.05, 0.1) is 9.88 Å². The first-order valence-corrected chi connectivity index (χ1v) is 3.28. The molecule has 1 aromatic rings. The van der Waals surface area contributed by atoms with Crippen molar-refractivity contribution in [2.75, 3.05) is 0 Å². The van der Waals surface area contributed by atoms with Crippen LogP contribution in [0.3, 0.4) is 0 Å². The van der Waals surface area contributed by atoms with Crippen LogP contribution >= 0.6 is 11.3 Å². The lowest BCUT2D eigenvalue weighted by Crippen LogP contribution is -2.08. The Balaban J connectivity index is 2.98. The molecule has 9 heavy (non-hydrogen) atoms. The van der Waals surface area contributed by atoms with Crippen molar-refractivity contribution in [1.82, 2.24) is 4.98 Å². The van der Waals surface area contributed by atoms with Gasteiger partial charge < -0.3 is 5.73 Å². The van der Waals surface area contributed by atoms with Gasteiger partial charge in [-0.05, 0) is 6.92 Å². The molecule has 0 aromatic carbocycles. The lowest BCUT2D eigenvalue weighted by atomic mass is 10.5. The van der Waals surface area contributed by atoms with E-state index in [0.717, 1.165) is 9.88 Å². The second kappa shape index (κ2) is 2.14. The highest BCUT2D eigenvalue weighted by atomic mass is 32.1. The highest BCUT2D eigenvalue weighted by molar-refractivity contribution is 7.13. The molecule has 0 fully saturated rings. The molecule has 0 atom stereocenters. The molecule has 0 saturated heterocycles. The van der Waals surface area contributed by atoms with Crippen LogP contribution in [0, 0.1) is 12.3 Å². The van der Waals surface area contributed by atoms with Crippen molar-refractivity contribution < 1.29 is 0 Å². The minimum Gasteiger partial charge on any atom is -0.383 e. The number of hydrogen-bond acceptors (Lipinski definition) is 3. The maximum Gasteiger partial charge on any atom is 0.134 e. The smallest absolute Gasteiger partial charge is 0.134 e. The van der Waals surface area contributed by atoms with Gasteiger partial charge in [-0.2, -0.15) is 0 Å². The predicted octanol–water partition coefficient (Wildman–Crippen LogP) is 0.736. The van der Waals surface area contributed by atoms with E-state index in [9.17, 15) is 0 Å². The molecule has 3 N–H and O–H groups in total. The van der Waals surface area contributed by atoms with Gasteiger partial charge in [0, 0.05) is 6.20 Å². The first-order valence-electron chi connectivity index (χ1n) is 2.47. The van der Waals surface area contributed by atoms with Crippen LogP contribution in [-0.4, -0.2) is 10.8 Å². The number of nitrogens with one attached hydrogen (secondary N) is 1. The molecule has 0 saturated carbocycles. The number of hydrogen-bond donors (Lipinski definition) is 2. The summed E-state index contributed by atoms with van der Waals surface area (Å²) >= 11 is 1.44. The number of nitrogen functional groups attached to an aromatic ring is 1. The molecule has 48 valence electrons. The Kier molecular flexibility index (Phi) is 1.48. The normalized spacial score (nSPS) is 9.44. The lowest BCUT2D eigenvalue weighted by molar-refractivity contribution is 1.29. The topological polar surface area (TPSA) is 62.8 Å². The highest BCUT2D eigenvalue weighted by Gasteiger charge is 1.98. The third-order valence-corrected chi connectivity index (χ3v) is 1.83. The molecular weight excluding hydrogens is 134 g/mol. The Morgan fingerprint density at radius 2 is 2.56 bits per heavy atom. The Labute approximate surface area is 57.0 Å². The number of amidine groups is 1. The van der Waals surface area contributed by atoms with Gasteiger partial charge in [-0.1, -0.05) is 0 Å². The number of aromatic nitrogens is 1. The summed E-state index contributed by atoms with van der Waals surface area (Å²) < 4.78 is 0. The Morgan fingerprint density at radius 1 is 1.89 bits per heavy atom. The summed E-state index contributed by atoms with van der Waals surface area (Å²) in [4.78, 5) is 4.68. The third kappa shape index (κ3) is 1.26. The summed E-state index contributed by atoms with van der Waals surface area (Å²) in [6.45, 7) is 1.89. The fraction of sp³-hybridized carbons (Fsp3) is 0.200. The van der Waals surface area contributed by atoms with Gasteiger partial charge in [0.1, 0.15) is 5.84 Å². The van der Waals surface area contributed by atoms with Crippen LogP contribution in [0.4, 0.5) is 0 Å². The lowest BCUT2D eigenvalue weighted by Gasteiger charge is -1.84. The van der Waals surface area contributed by atoms with Crippen molar-refractivity contribution in [2.24, 2.45) is 5.73 Å². The van der Waals surface area contributed by atoms with Gasteiger partial charge in [-0.15, -0.1) is 11.3 Å². The molecule has 1 heterocycles. The second-order valence-electron chi connectivity index (χ2n) is 1.66. The first-order chi connectivity index (χ1) is 4.20.